The van der Waals surface area contributed by atoms with E-state index in [4.69, 9.17) is 0 Å². The van der Waals surface area contributed by atoms with Crippen molar-refractivity contribution in [2.24, 2.45) is 5.10 Å². The average molecular weight is 459 g/mol. The van der Waals surface area contributed by atoms with E-state index in [0.717, 1.165) is 18.2 Å². The number of fused-ring (bicyclic) bond motifs is 1. The molecule has 0 amide bonds. The Hall–Kier alpha value is -5.06. The minimum Gasteiger partial charge on any atom is -0.506 e. The molecule has 0 aliphatic carbocycles. The van der Waals surface area contributed by atoms with Crippen molar-refractivity contribution in [1.82, 2.24) is 4.57 Å². The first-order chi connectivity index (χ1) is 16.3. The molecule has 4 aromatic rings. The van der Waals surface area contributed by atoms with Crippen LogP contribution in [0.5, 0.6) is 5.75 Å². The number of nitro groups is 2. The summed E-state index contributed by atoms with van der Waals surface area (Å²) < 4.78 is 1.44. The highest BCUT2D eigenvalue weighted by molar-refractivity contribution is 6.05. The highest BCUT2D eigenvalue weighted by atomic mass is 16.6. The number of non-ortho nitro benzene ring substituents is 1. The van der Waals surface area contributed by atoms with Gasteiger partial charge in [0.25, 0.3) is 11.2 Å². The third kappa shape index (κ3) is 3.93. The molecule has 0 saturated carbocycles. The lowest BCUT2D eigenvalue weighted by Gasteiger charge is -2.15. The Labute approximate surface area is 191 Å². The van der Waals surface area contributed by atoms with Gasteiger partial charge < -0.3 is 5.11 Å². The molecule has 0 radical (unpaired) electrons. The summed E-state index contributed by atoms with van der Waals surface area (Å²) in [5.41, 5.74) is 1.86. The number of benzene rings is 3. The summed E-state index contributed by atoms with van der Waals surface area (Å²) in [7, 11) is 0. The summed E-state index contributed by atoms with van der Waals surface area (Å²) in [6.45, 7) is 1.46. The first kappa shape index (κ1) is 22.1. The van der Waals surface area contributed by atoms with Gasteiger partial charge in [-0.05, 0) is 37.3 Å². The number of para-hydroxylation sites is 2. The molecule has 0 fully saturated rings. The van der Waals surface area contributed by atoms with E-state index < -0.39 is 26.8 Å². The monoisotopic (exact) mass is 459 g/mol. The Morgan fingerprint density at radius 3 is 2.32 bits per heavy atom. The van der Waals surface area contributed by atoms with E-state index >= 15 is 0 Å². The van der Waals surface area contributed by atoms with Gasteiger partial charge in [-0.2, -0.15) is 5.10 Å². The number of hydrogen-bond acceptors (Lipinski definition) is 8. The molecule has 1 heterocycles. The molecule has 0 atom stereocenters. The zero-order valence-corrected chi connectivity index (χ0v) is 17.7. The number of nitrogens with zero attached hydrogens (tertiary/aromatic N) is 4. The number of anilines is 1. The Kier molecular flexibility index (Phi) is 5.75. The van der Waals surface area contributed by atoms with Gasteiger partial charge in [-0.3, -0.25) is 35.0 Å². The fourth-order valence-corrected chi connectivity index (χ4v) is 3.56. The molecule has 0 spiro atoms. The third-order valence-corrected chi connectivity index (χ3v) is 5.16. The molecule has 0 unspecified atom stereocenters. The topological polar surface area (TPSA) is 153 Å². The van der Waals surface area contributed by atoms with E-state index in [2.05, 4.69) is 10.5 Å². The third-order valence-electron chi connectivity index (χ3n) is 5.16. The predicted octanol–water partition coefficient (Wildman–Crippen LogP) is 4.35. The lowest BCUT2D eigenvalue weighted by Crippen LogP contribution is -2.25. The summed E-state index contributed by atoms with van der Waals surface area (Å²) in [5.74, 6) is -0.283. The Bertz CT molecular complexity index is 1530. The van der Waals surface area contributed by atoms with E-state index in [0.29, 0.717) is 16.6 Å². The van der Waals surface area contributed by atoms with Gasteiger partial charge in [0.05, 0.1) is 27.1 Å². The highest BCUT2D eigenvalue weighted by Gasteiger charge is 2.21. The zero-order chi connectivity index (χ0) is 24.4. The molecule has 170 valence electrons. The van der Waals surface area contributed by atoms with Gasteiger partial charge in [-0.1, -0.05) is 30.3 Å². The van der Waals surface area contributed by atoms with Gasteiger partial charge in [0.15, 0.2) is 0 Å². The van der Waals surface area contributed by atoms with E-state index in [1.807, 2.05) is 6.07 Å². The fourth-order valence-electron chi connectivity index (χ4n) is 3.56. The predicted molar refractivity (Wildman–Crippen MR) is 127 cm³/mol. The smallest absolute Gasteiger partial charge is 0.301 e. The lowest BCUT2D eigenvalue weighted by molar-refractivity contribution is -0.393. The van der Waals surface area contributed by atoms with Crippen LogP contribution in [0.1, 0.15) is 12.5 Å². The van der Waals surface area contributed by atoms with Crippen molar-refractivity contribution in [2.75, 3.05) is 5.43 Å². The maximum absolute atomic E-state index is 13.5. The van der Waals surface area contributed by atoms with Crippen molar-refractivity contribution in [3.8, 4) is 11.4 Å². The summed E-state index contributed by atoms with van der Waals surface area (Å²) in [4.78, 5) is 34.2. The largest absolute Gasteiger partial charge is 0.506 e. The minimum absolute atomic E-state index is 0.0607. The van der Waals surface area contributed by atoms with Crippen molar-refractivity contribution >= 4 is 33.7 Å². The van der Waals surface area contributed by atoms with Crippen LogP contribution < -0.4 is 11.0 Å². The molecule has 11 nitrogen and oxygen atoms in total. The molecule has 0 aliphatic rings. The van der Waals surface area contributed by atoms with E-state index in [1.54, 1.807) is 48.5 Å². The molecule has 0 aliphatic heterocycles. The van der Waals surface area contributed by atoms with E-state index in [9.17, 15) is 30.1 Å². The van der Waals surface area contributed by atoms with Crippen molar-refractivity contribution in [3.63, 3.8) is 0 Å². The normalized spacial score (nSPS) is 11.4. The molecule has 2 N–H and O–H groups in total. The molecule has 4 rings (SSSR count). The van der Waals surface area contributed by atoms with Gasteiger partial charge >= 0.3 is 5.69 Å². The zero-order valence-electron chi connectivity index (χ0n) is 17.7. The second-order valence-electron chi connectivity index (χ2n) is 7.24. The SMILES string of the molecule is C/C(=N\Nc1ccc([N+](=O)[O-])cc1[N+](=O)[O-])c1c(O)c2ccccc2n(-c2ccccc2)c1=O. The molecule has 0 bridgehead atoms. The quantitative estimate of drug-likeness (QED) is 0.247. The number of nitrogens with one attached hydrogen (secondary N) is 1. The number of aromatic hydroxyl groups is 1. The van der Waals surface area contributed by atoms with Crippen LogP contribution in [0.4, 0.5) is 17.1 Å². The molecule has 34 heavy (non-hydrogen) atoms. The van der Waals surface area contributed by atoms with Crippen LogP contribution in [0.3, 0.4) is 0 Å². The number of hydrazone groups is 1. The maximum atomic E-state index is 13.5. The van der Waals surface area contributed by atoms with Crippen LogP contribution in [0.2, 0.25) is 0 Å². The second kappa shape index (κ2) is 8.82. The Morgan fingerprint density at radius 1 is 0.971 bits per heavy atom. The van der Waals surface area contributed by atoms with E-state index in [1.165, 1.54) is 11.5 Å². The number of aromatic nitrogens is 1. The summed E-state index contributed by atoms with van der Waals surface area (Å²) >= 11 is 0. The van der Waals surface area contributed by atoms with Crippen molar-refractivity contribution in [1.29, 1.82) is 0 Å². The first-order valence-corrected chi connectivity index (χ1v) is 9.95. The molecule has 11 heteroatoms. The molecular weight excluding hydrogens is 442 g/mol. The summed E-state index contributed by atoms with van der Waals surface area (Å²) in [6, 6.07) is 18.7. The van der Waals surface area contributed by atoms with Gasteiger partial charge in [0.2, 0.25) is 0 Å². The van der Waals surface area contributed by atoms with Crippen LogP contribution >= 0.6 is 0 Å². The van der Waals surface area contributed by atoms with Crippen molar-refractivity contribution in [3.05, 3.63) is 109 Å². The second-order valence-corrected chi connectivity index (χ2v) is 7.24. The number of rotatable bonds is 6. The van der Waals surface area contributed by atoms with Crippen LogP contribution in [-0.4, -0.2) is 25.2 Å². The first-order valence-electron chi connectivity index (χ1n) is 9.95. The molecule has 1 aromatic heterocycles. The van der Waals surface area contributed by atoms with Gasteiger partial charge in [-0.25, -0.2) is 0 Å². The number of pyridine rings is 1. The maximum Gasteiger partial charge on any atom is 0.301 e. The average Bonchev–Trinajstić information content (AvgIpc) is 2.83. The van der Waals surface area contributed by atoms with Crippen molar-refractivity contribution < 1.29 is 15.0 Å². The standard InChI is InChI=1S/C23H17N5O6/c1-14(24-25-18-12-11-16(27(31)32)13-20(18)28(33)34)21-22(29)17-9-5-6-10-19(17)26(23(21)30)15-7-3-2-4-8-15/h2-13,25,29H,1H3/b24-14+. The minimum atomic E-state index is -0.782. The summed E-state index contributed by atoms with van der Waals surface area (Å²) in [6.07, 6.45) is 0. The Balaban J connectivity index is 1.86. The fraction of sp³-hybridized carbons (Fsp3) is 0.0435. The van der Waals surface area contributed by atoms with Crippen molar-refractivity contribution in [2.45, 2.75) is 6.92 Å². The molecular formula is C23H17N5O6. The van der Waals surface area contributed by atoms with Crippen LogP contribution in [-0.2, 0) is 0 Å². The van der Waals surface area contributed by atoms with Gasteiger partial charge in [0.1, 0.15) is 17.0 Å². The Morgan fingerprint density at radius 2 is 1.65 bits per heavy atom. The molecule has 0 saturated heterocycles. The lowest BCUT2D eigenvalue weighted by atomic mass is 10.1. The summed E-state index contributed by atoms with van der Waals surface area (Å²) in [5, 5.41) is 37.7. The molecule has 3 aromatic carbocycles. The number of hydrogen-bond donors (Lipinski definition) is 2. The van der Waals surface area contributed by atoms with Crippen LogP contribution in [0.15, 0.2) is 82.7 Å². The van der Waals surface area contributed by atoms with Gasteiger partial charge in [-0.15, -0.1) is 0 Å². The number of nitro benzene ring substituents is 2. The van der Waals surface area contributed by atoms with Crippen LogP contribution in [0.25, 0.3) is 16.6 Å². The van der Waals surface area contributed by atoms with Gasteiger partial charge in [0, 0.05) is 17.1 Å². The highest BCUT2D eigenvalue weighted by Crippen LogP contribution is 2.30. The van der Waals surface area contributed by atoms with Crippen LogP contribution in [0, 0.1) is 20.2 Å². The van der Waals surface area contributed by atoms with E-state index in [-0.39, 0.29) is 22.7 Å².